The zero-order valence-electron chi connectivity index (χ0n) is 12.2. The van der Waals surface area contributed by atoms with E-state index in [4.69, 9.17) is 5.11 Å². The largest absolute Gasteiger partial charge is 0.478 e. The van der Waals surface area contributed by atoms with E-state index in [2.05, 4.69) is 5.32 Å². The molecule has 0 bridgehead atoms. The first kappa shape index (κ1) is 16.1. The van der Waals surface area contributed by atoms with Gasteiger partial charge in [0.25, 0.3) is 0 Å². The third-order valence-electron chi connectivity index (χ3n) is 3.09. The molecule has 0 spiro atoms. The molecule has 0 heterocycles. The standard InChI is InChI=1S/C17H17NO3S/c1-12(22-11-13-6-3-2-4-7-13)16(19)18-15-9-5-8-14(10-15)17(20)21/h2-10,12H,11H2,1H3,(H,18,19)(H,20,21). The minimum absolute atomic E-state index is 0.136. The van der Waals surface area contributed by atoms with Gasteiger partial charge in [-0.3, -0.25) is 4.79 Å². The molecular weight excluding hydrogens is 298 g/mol. The van der Waals surface area contributed by atoms with Crippen LogP contribution < -0.4 is 5.32 Å². The van der Waals surface area contributed by atoms with Crippen LogP contribution in [0.3, 0.4) is 0 Å². The molecule has 2 N–H and O–H groups in total. The number of carbonyl (C=O) groups is 2. The number of nitrogens with one attached hydrogen (secondary N) is 1. The molecule has 2 rings (SSSR count). The summed E-state index contributed by atoms with van der Waals surface area (Å²) in [5.41, 5.74) is 1.82. The second-order valence-electron chi connectivity index (χ2n) is 4.81. The molecule has 1 unspecified atom stereocenters. The Balaban J connectivity index is 1.91. The van der Waals surface area contributed by atoms with Gasteiger partial charge in [-0.2, -0.15) is 0 Å². The normalized spacial score (nSPS) is 11.7. The van der Waals surface area contributed by atoms with E-state index in [0.717, 1.165) is 5.75 Å². The second-order valence-corrected chi connectivity index (χ2v) is 6.14. The van der Waals surface area contributed by atoms with Crippen molar-refractivity contribution in [2.24, 2.45) is 0 Å². The summed E-state index contributed by atoms with van der Waals surface area (Å²) >= 11 is 1.54. The van der Waals surface area contributed by atoms with Gasteiger partial charge < -0.3 is 10.4 Å². The van der Waals surface area contributed by atoms with Gasteiger partial charge in [0.15, 0.2) is 0 Å². The summed E-state index contributed by atoms with van der Waals surface area (Å²) in [6.07, 6.45) is 0. The van der Waals surface area contributed by atoms with Crippen molar-refractivity contribution < 1.29 is 14.7 Å². The van der Waals surface area contributed by atoms with Gasteiger partial charge in [0, 0.05) is 11.4 Å². The van der Waals surface area contributed by atoms with Gasteiger partial charge in [-0.25, -0.2) is 4.79 Å². The zero-order chi connectivity index (χ0) is 15.9. The summed E-state index contributed by atoms with van der Waals surface area (Å²) in [5, 5.41) is 11.5. The molecule has 0 aliphatic carbocycles. The van der Waals surface area contributed by atoms with Crippen LogP contribution in [0.5, 0.6) is 0 Å². The van der Waals surface area contributed by atoms with Crippen molar-refractivity contribution in [3.05, 3.63) is 65.7 Å². The first-order valence-electron chi connectivity index (χ1n) is 6.86. The topological polar surface area (TPSA) is 66.4 Å². The Labute approximate surface area is 133 Å². The first-order chi connectivity index (χ1) is 10.6. The average Bonchev–Trinajstić information content (AvgIpc) is 2.53. The highest BCUT2D eigenvalue weighted by atomic mass is 32.2. The summed E-state index contributed by atoms with van der Waals surface area (Å²) in [4.78, 5) is 23.1. The van der Waals surface area contributed by atoms with Crippen molar-refractivity contribution in [1.29, 1.82) is 0 Å². The Morgan fingerprint density at radius 2 is 1.86 bits per heavy atom. The van der Waals surface area contributed by atoms with Crippen LogP contribution in [-0.2, 0) is 10.5 Å². The van der Waals surface area contributed by atoms with Crippen LogP contribution in [0.4, 0.5) is 5.69 Å². The lowest BCUT2D eigenvalue weighted by Gasteiger charge is -2.12. The van der Waals surface area contributed by atoms with Crippen LogP contribution in [0, 0.1) is 0 Å². The van der Waals surface area contributed by atoms with Gasteiger partial charge in [-0.1, -0.05) is 36.4 Å². The van der Waals surface area contributed by atoms with Crippen molar-refractivity contribution in [2.75, 3.05) is 5.32 Å². The number of carbonyl (C=O) groups excluding carboxylic acids is 1. The van der Waals surface area contributed by atoms with Crippen molar-refractivity contribution in [3.8, 4) is 0 Å². The number of anilines is 1. The Morgan fingerprint density at radius 3 is 2.55 bits per heavy atom. The molecule has 2 aromatic carbocycles. The maximum absolute atomic E-state index is 12.1. The summed E-state index contributed by atoms with van der Waals surface area (Å²) in [7, 11) is 0. The molecule has 0 fully saturated rings. The maximum Gasteiger partial charge on any atom is 0.335 e. The number of hydrogen-bond acceptors (Lipinski definition) is 3. The Bertz CT molecular complexity index is 658. The van der Waals surface area contributed by atoms with Crippen LogP contribution in [0.15, 0.2) is 54.6 Å². The molecule has 0 aromatic heterocycles. The van der Waals surface area contributed by atoms with Crippen LogP contribution in [0.1, 0.15) is 22.8 Å². The molecule has 22 heavy (non-hydrogen) atoms. The van der Waals surface area contributed by atoms with E-state index in [9.17, 15) is 9.59 Å². The van der Waals surface area contributed by atoms with Gasteiger partial charge in [0.05, 0.1) is 10.8 Å². The molecule has 0 aliphatic heterocycles. The maximum atomic E-state index is 12.1. The number of rotatable bonds is 6. The number of carboxylic acid groups (broad SMARTS) is 1. The highest BCUT2D eigenvalue weighted by Crippen LogP contribution is 2.19. The fraction of sp³-hybridized carbons (Fsp3) is 0.176. The van der Waals surface area contributed by atoms with E-state index in [-0.39, 0.29) is 16.7 Å². The highest BCUT2D eigenvalue weighted by Gasteiger charge is 2.14. The van der Waals surface area contributed by atoms with E-state index < -0.39 is 5.97 Å². The molecule has 5 heteroatoms. The Morgan fingerprint density at radius 1 is 1.14 bits per heavy atom. The van der Waals surface area contributed by atoms with Gasteiger partial charge in [-0.05, 0) is 30.7 Å². The minimum atomic E-state index is -1.01. The van der Waals surface area contributed by atoms with Gasteiger partial charge in [-0.15, -0.1) is 11.8 Å². The summed E-state index contributed by atoms with van der Waals surface area (Å²) in [6.45, 7) is 1.84. The molecular formula is C17H17NO3S. The van der Waals surface area contributed by atoms with E-state index in [1.54, 1.807) is 12.1 Å². The lowest BCUT2D eigenvalue weighted by molar-refractivity contribution is -0.115. The molecule has 4 nitrogen and oxygen atoms in total. The van der Waals surface area contributed by atoms with E-state index >= 15 is 0 Å². The van der Waals surface area contributed by atoms with E-state index in [1.807, 2.05) is 37.3 Å². The first-order valence-corrected chi connectivity index (χ1v) is 7.91. The zero-order valence-corrected chi connectivity index (χ0v) is 13.0. The predicted octanol–water partition coefficient (Wildman–Crippen LogP) is 3.65. The Hall–Kier alpha value is -2.27. The Kier molecular flexibility index (Phi) is 5.61. The average molecular weight is 315 g/mol. The quantitative estimate of drug-likeness (QED) is 0.854. The monoisotopic (exact) mass is 315 g/mol. The smallest absolute Gasteiger partial charge is 0.335 e. The van der Waals surface area contributed by atoms with Crippen LogP contribution in [0.25, 0.3) is 0 Å². The lowest BCUT2D eigenvalue weighted by Crippen LogP contribution is -2.22. The minimum Gasteiger partial charge on any atom is -0.478 e. The SMILES string of the molecule is CC(SCc1ccccc1)C(=O)Nc1cccc(C(=O)O)c1. The molecule has 0 aliphatic rings. The predicted molar refractivity (Wildman–Crippen MR) is 89.2 cm³/mol. The summed E-state index contributed by atoms with van der Waals surface area (Å²) in [6, 6.07) is 16.2. The number of amides is 1. The van der Waals surface area contributed by atoms with E-state index in [1.165, 1.54) is 29.5 Å². The molecule has 1 atom stereocenters. The number of carboxylic acids is 1. The molecule has 114 valence electrons. The third-order valence-corrected chi connectivity index (χ3v) is 4.30. The van der Waals surface area contributed by atoms with Gasteiger partial charge >= 0.3 is 5.97 Å². The summed E-state index contributed by atoms with van der Waals surface area (Å²) in [5.74, 6) is -0.393. The van der Waals surface area contributed by atoms with Crippen molar-refractivity contribution >= 4 is 29.3 Å². The lowest BCUT2D eigenvalue weighted by atomic mass is 10.2. The van der Waals surface area contributed by atoms with E-state index in [0.29, 0.717) is 5.69 Å². The molecule has 2 aromatic rings. The van der Waals surface area contributed by atoms with Crippen molar-refractivity contribution in [3.63, 3.8) is 0 Å². The number of aromatic carboxylic acids is 1. The van der Waals surface area contributed by atoms with Crippen molar-refractivity contribution in [2.45, 2.75) is 17.9 Å². The molecule has 0 saturated heterocycles. The van der Waals surface area contributed by atoms with Crippen LogP contribution in [0.2, 0.25) is 0 Å². The van der Waals surface area contributed by atoms with Crippen LogP contribution in [-0.4, -0.2) is 22.2 Å². The summed E-state index contributed by atoms with van der Waals surface area (Å²) < 4.78 is 0. The number of thioether (sulfide) groups is 1. The highest BCUT2D eigenvalue weighted by molar-refractivity contribution is 7.99. The van der Waals surface area contributed by atoms with Crippen molar-refractivity contribution in [1.82, 2.24) is 0 Å². The molecule has 0 saturated carbocycles. The number of hydrogen-bond donors (Lipinski definition) is 2. The second kappa shape index (κ2) is 7.66. The van der Waals surface area contributed by atoms with Gasteiger partial charge in [0.1, 0.15) is 0 Å². The van der Waals surface area contributed by atoms with Crippen LogP contribution >= 0.6 is 11.8 Å². The van der Waals surface area contributed by atoms with Gasteiger partial charge in [0.2, 0.25) is 5.91 Å². The third kappa shape index (κ3) is 4.63. The molecule has 0 radical (unpaired) electrons. The fourth-order valence-electron chi connectivity index (χ4n) is 1.85. The fourth-order valence-corrected chi connectivity index (χ4v) is 2.69. The molecule has 1 amide bonds. The number of benzene rings is 2.